The van der Waals surface area contributed by atoms with E-state index in [4.69, 9.17) is 4.42 Å². The second-order valence-electron chi connectivity index (χ2n) is 16.8. The van der Waals surface area contributed by atoms with Crippen molar-refractivity contribution in [3.8, 4) is 33.4 Å². The van der Waals surface area contributed by atoms with Crippen LogP contribution in [0.15, 0.2) is 217 Å². The second-order valence-corrected chi connectivity index (χ2v) is 20.6. The van der Waals surface area contributed by atoms with Crippen molar-refractivity contribution in [3.63, 3.8) is 0 Å². The van der Waals surface area contributed by atoms with Crippen LogP contribution in [0.3, 0.4) is 0 Å². The summed E-state index contributed by atoms with van der Waals surface area (Å²) in [7, 11) is -2.71. The molecule has 3 heteroatoms. The monoisotopic (exact) mass is 783 g/mol. The number of anilines is 3. The summed E-state index contributed by atoms with van der Waals surface area (Å²) in [5.74, 6) is 0. The SMILES string of the molecule is CC1(C)c2ccccc2-c2ccc(-c3ccc(N(c4cccc([Si]5(c6ccccc6)c6ccccc6-c6ccccc65)c4)c4ccc5oc6ccccc6c5c4)cc3)cc21. The van der Waals surface area contributed by atoms with E-state index < -0.39 is 8.07 Å². The van der Waals surface area contributed by atoms with Crippen LogP contribution in [-0.2, 0) is 5.41 Å². The van der Waals surface area contributed by atoms with E-state index in [-0.39, 0.29) is 5.41 Å². The minimum absolute atomic E-state index is 0.0552. The molecule has 284 valence electrons. The van der Waals surface area contributed by atoms with Gasteiger partial charge in [0.05, 0.1) is 0 Å². The Morgan fingerprint density at radius 2 is 0.967 bits per heavy atom. The van der Waals surface area contributed by atoms with Gasteiger partial charge in [-0.2, -0.15) is 0 Å². The van der Waals surface area contributed by atoms with Crippen LogP contribution in [0.2, 0.25) is 0 Å². The highest BCUT2D eigenvalue weighted by molar-refractivity contribution is 7.22. The van der Waals surface area contributed by atoms with Gasteiger partial charge in [-0.1, -0.05) is 172 Å². The molecule has 9 aromatic carbocycles. The average Bonchev–Trinajstić information content (AvgIpc) is 3.91. The highest BCUT2D eigenvalue weighted by Crippen LogP contribution is 2.49. The predicted octanol–water partition coefficient (Wildman–Crippen LogP) is 12.4. The first-order chi connectivity index (χ1) is 29.5. The van der Waals surface area contributed by atoms with Crippen LogP contribution in [0.4, 0.5) is 17.1 Å². The molecular weight excluding hydrogens is 743 g/mol. The molecule has 0 unspecified atom stereocenters. The quantitative estimate of drug-likeness (QED) is 0.156. The Balaban J connectivity index is 1.04. The fraction of sp³-hybridized carbons (Fsp3) is 0.0526. The molecule has 12 rings (SSSR count). The molecule has 0 saturated heterocycles. The molecule has 60 heavy (non-hydrogen) atoms. The average molecular weight is 784 g/mol. The van der Waals surface area contributed by atoms with Crippen LogP contribution in [0.5, 0.6) is 0 Å². The highest BCUT2D eigenvalue weighted by atomic mass is 28.3. The molecule has 0 radical (unpaired) electrons. The van der Waals surface area contributed by atoms with Gasteiger partial charge in [-0.05, 0) is 120 Å². The maximum Gasteiger partial charge on any atom is 0.180 e. The summed E-state index contributed by atoms with van der Waals surface area (Å²) in [5.41, 5.74) is 15.6. The molecule has 2 nitrogen and oxygen atoms in total. The zero-order valence-corrected chi connectivity index (χ0v) is 34.6. The van der Waals surface area contributed by atoms with Crippen molar-refractivity contribution in [2.45, 2.75) is 19.3 Å². The number of nitrogens with zero attached hydrogens (tertiary/aromatic N) is 1. The minimum atomic E-state index is -2.71. The summed E-state index contributed by atoms with van der Waals surface area (Å²) in [6.07, 6.45) is 0. The van der Waals surface area contributed by atoms with Crippen LogP contribution in [0.25, 0.3) is 55.3 Å². The van der Waals surface area contributed by atoms with E-state index in [0.717, 1.165) is 39.0 Å². The Morgan fingerprint density at radius 1 is 0.383 bits per heavy atom. The molecule has 0 bridgehead atoms. The van der Waals surface area contributed by atoms with Crippen molar-refractivity contribution in [1.29, 1.82) is 0 Å². The third kappa shape index (κ3) is 5.00. The lowest BCUT2D eigenvalue weighted by atomic mass is 9.81. The van der Waals surface area contributed by atoms with Gasteiger partial charge in [-0.15, -0.1) is 0 Å². The van der Waals surface area contributed by atoms with E-state index in [1.807, 2.05) is 6.07 Å². The Bertz CT molecular complexity index is 3260. The van der Waals surface area contributed by atoms with E-state index in [2.05, 4.69) is 225 Å². The fourth-order valence-corrected chi connectivity index (χ4v) is 15.8. The summed E-state index contributed by atoms with van der Waals surface area (Å²) in [6, 6.07) is 78.9. The predicted molar refractivity (Wildman–Crippen MR) is 254 cm³/mol. The van der Waals surface area contributed by atoms with E-state index in [1.165, 1.54) is 65.3 Å². The summed E-state index contributed by atoms with van der Waals surface area (Å²) in [4.78, 5) is 2.43. The smallest absolute Gasteiger partial charge is 0.180 e. The largest absolute Gasteiger partial charge is 0.456 e. The number of para-hydroxylation sites is 1. The first-order valence-corrected chi connectivity index (χ1v) is 22.9. The van der Waals surface area contributed by atoms with Crippen molar-refractivity contribution >= 4 is 67.8 Å². The van der Waals surface area contributed by atoms with E-state index in [0.29, 0.717) is 0 Å². The van der Waals surface area contributed by atoms with Gasteiger partial charge in [0.15, 0.2) is 8.07 Å². The van der Waals surface area contributed by atoms with Gasteiger partial charge in [0.1, 0.15) is 11.2 Å². The molecule has 1 aromatic heterocycles. The van der Waals surface area contributed by atoms with Gasteiger partial charge in [-0.25, -0.2) is 0 Å². The van der Waals surface area contributed by atoms with Crippen LogP contribution >= 0.6 is 0 Å². The molecule has 0 N–H and O–H groups in total. The molecule has 0 amide bonds. The summed E-state index contributed by atoms with van der Waals surface area (Å²) >= 11 is 0. The molecule has 0 spiro atoms. The van der Waals surface area contributed by atoms with Crippen molar-refractivity contribution in [2.75, 3.05) is 4.90 Å². The molecule has 10 aromatic rings. The Kier molecular flexibility index (Phi) is 7.63. The molecule has 0 saturated carbocycles. The first kappa shape index (κ1) is 34.8. The van der Waals surface area contributed by atoms with Crippen molar-refractivity contribution in [1.82, 2.24) is 0 Å². The van der Waals surface area contributed by atoms with Gasteiger partial charge >= 0.3 is 0 Å². The van der Waals surface area contributed by atoms with Crippen molar-refractivity contribution < 1.29 is 4.42 Å². The zero-order chi connectivity index (χ0) is 40.0. The Morgan fingerprint density at radius 3 is 1.75 bits per heavy atom. The molecule has 2 aliphatic rings. The topological polar surface area (TPSA) is 16.4 Å². The third-order valence-corrected chi connectivity index (χ3v) is 18.2. The maximum absolute atomic E-state index is 6.33. The Labute approximate surface area is 351 Å². The first-order valence-electron chi connectivity index (χ1n) is 20.9. The number of fused-ring (bicyclic) bond motifs is 9. The molecule has 0 fully saturated rings. The number of hydrogen-bond acceptors (Lipinski definition) is 2. The third-order valence-electron chi connectivity index (χ3n) is 13.4. The van der Waals surface area contributed by atoms with Crippen LogP contribution in [0.1, 0.15) is 25.0 Å². The lowest BCUT2D eigenvalue weighted by molar-refractivity contribution is 0.660. The molecule has 0 atom stereocenters. The number of hydrogen-bond donors (Lipinski definition) is 0. The van der Waals surface area contributed by atoms with Crippen LogP contribution in [0, 0.1) is 0 Å². The van der Waals surface area contributed by atoms with E-state index in [9.17, 15) is 0 Å². The fourth-order valence-electron chi connectivity index (χ4n) is 10.6. The molecule has 1 aliphatic carbocycles. The van der Waals surface area contributed by atoms with Crippen molar-refractivity contribution in [2.24, 2.45) is 0 Å². The molecular formula is C57H41NOSi. The number of furan rings is 1. The standard InChI is InChI=1S/C57H41NOSi/c1-57(2)51-23-10-6-19-45(51)46-33-29-39(35-52(46)57)38-27-30-40(31-28-38)58(42-32-34-54-50(37-42)47-20-7-11-24-53(47)59-54)41-15-14-18-44(36-41)60(43-16-4-3-5-17-43)55-25-12-8-21-48(55)49-22-9-13-26-56(49)60/h3-37H,1-2H3. The van der Waals surface area contributed by atoms with Gasteiger partial charge in [-0.3, -0.25) is 0 Å². The van der Waals surface area contributed by atoms with E-state index in [1.54, 1.807) is 0 Å². The molecule has 2 heterocycles. The van der Waals surface area contributed by atoms with Crippen molar-refractivity contribution in [3.05, 3.63) is 223 Å². The lowest BCUT2D eigenvalue weighted by Gasteiger charge is -2.33. The number of rotatable bonds is 6. The van der Waals surface area contributed by atoms with Gasteiger partial charge in [0, 0.05) is 33.2 Å². The van der Waals surface area contributed by atoms with Gasteiger partial charge in [0.2, 0.25) is 0 Å². The van der Waals surface area contributed by atoms with Crippen LogP contribution < -0.4 is 25.6 Å². The minimum Gasteiger partial charge on any atom is -0.456 e. The van der Waals surface area contributed by atoms with Gasteiger partial charge < -0.3 is 9.32 Å². The highest BCUT2D eigenvalue weighted by Gasteiger charge is 2.48. The van der Waals surface area contributed by atoms with Gasteiger partial charge in [0.25, 0.3) is 0 Å². The van der Waals surface area contributed by atoms with Crippen LogP contribution in [-0.4, -0.2) is 8.07 Å². The normalized spacial score (nSPS) is 14.1. The van der Waals surface area contributed by atoms with E-state index >= 15 is 0 Å². The summed E-state index contributed by atoms with van der Waals surface area (Å²) < 4.78 is 6.33. The number of benzene rings is 9. The lowest BCUT2D eigenvalue weighted by Crippen LogP contribution is -2.72. The summed E-state index contributed by atoms with van der Waals surface area (Å²) in [6.45, 7) is 4.70. The molecule has 1 aliphatic heterocycles. The second kappa shape index (κ2) is 13.2. The zero-order valence-electron chi connectivity index (χ0n) is 33.6. The maximum atomic E-state index is 6.33. The summed E-state index contributed by atoms with van der Waals surface area (Å²) in [5, 5.41) is 7.87. The Hall–Kier alpha value is -7.20.